The molecule has 0 bridgehead atoms. The molecular weight excluding hydrogens is 254 g/mol. The highest BCUT2D eigenvalue weighted by atomic mass is 19.3. The Labute approximate surface area is 110 Å². The Bertz CT molecular complexity index is 374. The van der Waals surface area contributed by atoms with Gasteiger partial charge in [0.1, 0.15) is 6.61 Å². The summed E-state index contributed by atoms with van der Waals surface area (Å²) in [6.07, 6.45) is -2.91. The van der Waals surface area contributed by atoms with Gasteiger partial charge in [0.15, 0.2) is 0 Å². The molecule has 0 fully saturated rings. The summed E-state index contributed by atoms with van der Waals surface area (Å²) in [5.74, 6) is 0. The SMILES string of the molecule is NCCCC(NC(=O)OCc1ccccc1)C(F)F. The van der Waals surface area contributed by atoms with E-state index in [1.54, 1.807) is 24.3 Å². The molecule has 0 heterocycles. The van der Waals surface area contributed by atoms with Gasteiger partial charge in [-0.05, 0) is 24.9 Å². The van der Waals surface area contributed by atoms with E-state index >= 15 is 0 Å². The smallest absolute Gasteiger partial charge is 0.407 e. The molecule has 19 heavy (non-hydrogen) atoms. The first-order valence-corrected chi connectivity index (χ1v) is 6.09. The Balaban J connectivity index is 2.36. The van der Waals surface area contributed by atoms with Crippen LogP contribution in [0, 0.1) is 0 Å². The maximum absolute atomic E-state index is 12.6. The summed E-state index contributed by atoms with van der Waals surface area (Å²) in [6, 6.07) is 7.80. The van der Waals surface area contributed by atoms with Crippen LogP contribution in [0.15, 0.2) is 30.3 Å². The molecule has 1 aromatic carbocycles. The van der Waals surface area contributed by atoms with Gasteiger partial charge in [-0.15, -0.1) is 0 Å². The molecule has 0 aliphatic rings. The highest BCUT2D eigenvalue weighted by Crippen LogP contribution is 2.08. The first-order valence-electron chi connectivity index (χ1n) is 6.09. The molecule has 3 N–H and O–H groups in total. The van der Waals surface area contributed by atoms with Gasteiger partial charge in [-0.3, -0.25) is 0 Å². The van der Waals surface area contributed by atoms with Gasteiger partial charge in [0.2, 0.25) is 0 Å². The second-order valence-corrected chi connectivity index (χ2v) is 4.08. The number of carbonyl (C=O) groups excluding carboxylic acids is 1. The Morgan fingerprint density at radius 3 is 2.58 bits per heavy atom. The third kappa shape index (κ3) is 6.15. The van der Waals surface area contributed by atoms with E-state index in [2.05, 4.69) is 5.32 Å². The average Bonchev–Trinajstić information content (AvgIpc) is 2.42. The van der Waals surface area contributed by atoms with Gasteiger partial charge in [-0.2, -0.15) is 0 Å². The van der Waals surface area contributed by atoms with Gasteiger partial charge in [0, 0.05) is 0 Å². The van der Waals surface area contributed by atoms with Crippen molar-refractivity contribution >= 4 is 6.09 Å². The van der Waals surface area contributed by atoms with Crippen molar-refractivity contribution in [2.24, 2.45) is 5.73 Å². The van der Waals surface area contributed by atoms with Crippen LogP contribution >= 0.6 is 0 Å². The van der Waals surface area contributed by atoms with Crippen LogP contribution in [0.3, 0.4) is 0 Å². The van der Waals surface area contributed by atoms with E-state index in [1.807, 2.05) is 6.07 Å². The zero-order chi connectivity index (χ0) is 14.1. The Morgan fingerprint density at radius 1 is 1.32 bits per heavy atom. The van der Waals surface area contributed by atoms with E-state index in [4.69, 9.17) is 10.5 Å². The van der Waals surface area contributed by atoms with E-state index in [-0.39, 0.29) is 13.0 Å². The molecule has 0 radical (unpaired) electrons. The van der Waals surface area contributed by atoms with Crippen molar-refractivity contribution in [3.63, 3.8) is 0 Å². The highest BCUT2D eigenvalue weighted by molar-refractivity contribution is 5.67. The van der Waals surface area contributed by atoms with Gasteiger partial charge in [0.05, 0.1) is 6.04 Å². The number of nitrogens with two attached hydrogens (primary N) is 1. The zero-order valence-electron chi connectivity index (χ0n) is 10.5. The van der Waals surface area contributed by atoms with Gasteiger partial charge in [-0.1, -0.05) is 30.3 Å². The van der Waals surface area contributed by atoms with E-state index in [0.717, 1.165) is 5.56 Å². The molecule has 0 saturated heterocycles. The van der Waals surface area contributed by atoms with Crippen molar-refractivity contribution in [3.05, 3.63) is 35.9 Å². The fraction of sp³-hybridized carbons (Fsp3) is 0.462. The van der Waals surface area contributed by atoms with E-state index in [1.165, 1.54) is 0 Å². The minimum absolute atomic E-state index is 0.0551. The fourth-order valence-electron chi connectivity index (χ4n) is 1.52. The number of rotatable bonds is 7. The highest BCUT2D eigenvalue weighted by Gasteiger charge is 2.22. The topological polar surface area (TPSA) is 64.3 Å². The number of hydrogen-bond acceptors (Lipinski definition) is 3. The van der Waals surface area contributed by atoms with Crippen LogP contribution in [0.1, 0.15) is 18.4 Å². The third-order valence-corrected chi connectivity index (χ3v) is 2.54. The second-order valence-electron chi connectivity index (χ2n) is 4.08. The molecule has 1 aromatic rings. The molecule has 1 atom stereocenters. The molecular formula is C13H18F2N2O2. The molecule has 1 amide bonds. The first kappa shape index (κ1) is 15.4. The number of alkyl halides is 2. The molecule has 1 rings (SSSR count). The molecule has 0 aromatic heterocycles. The maximum Gasteiger partial charge on any atom is 0.407 e. The number of halogens is 2. The monoisotopic (exact) mass is 272 g/mol. The average molecular weight is 272 g/mol. The fourth-order valence-corrected chi connectivity index (χ4v) is 1.52. The standard InChI is InChI=1S/C13H18F2N2O2/c14-12(15)11(7-4-8-16)17-13(18)19-9-10-5-2-1-3-6-10/h1-3,5-6,11-12H,4,7-9,16H2,(H,17,18). The molecule has 6 heteroatoms. The molecule has 0 spiro atoms. The van der Waals surface area contributed by atoms with Crippen molar-refractivity contribution in [2.45, 2.75) is 31.9 Å². The number of ether oxygens (including phenoxy) is 1. The summed E-state index contributed by atoms with van der Waals surface area (Å²) in [6.45, 7) is 0.365. The van der Waals surface area contributed by atoms with Crippen LogP contribution in [0.2, 0.25) is 0 Å². The lowest BCUT2D eigenvalue weighted by molar-refractivity contribution is 0.0793. The molecule has 4 nitrogen and oxygen atoms in total. The quantitative estimate of drug-likeness (QED) is 0.800. The lowest BCUT2D eigenvalue weighted by atomic mass is 10.1. The predicted molar refractivity (Wildman–Crippen MR) is 67.8 cm³/mol. The van der Waals surface area contributed by atoms with Crippen LogP contribution in [0.4, 0.5) is 13.6 Å². The van der Waals surface area contributed by atoms with Gasteiger partial charge >= 0.3 is 6.09 Å². The maximum atomic E-state index is 12.6. The van der Waals surface area contributed by atoms with Crippen molar-refractivity contribution in [1.29, 1.82) is 0 Å². The summed E-state index contributed by atoms with van der Waals surface area (Å²) in [5, 5.41) is 2.15. The number of hydrogen-bond donors (Lipinski definition) is 2. The van der Waals surface area contributed by atoms with Crippen molar-refractivity contribution in [3.8, 4) is 0 Å². The van der Waals surface area contributed by atoms with Crippen LogP contribution in [0.25, 0.3) is 0 Å². The minimum atomic E-state index is -2.63. The Hall–Kier alpha value is -1.69. The largest absolute Gasteiger partial charge is 0.445 e. The Morgan fingerprint density at radius 2 is 2.00 bits per heavy atom. The number of nitrogens with one attached hydrogen (secondary N) is 1. The molecule has 106 valence electrons. The summed E-state index contributed by atoms with van der Waals surface area (Å²) in [5.41, 5.74) is 6.05. The van der Waals surface area contributed by atoms with Crippen LogP contribution < -0.4 is 11.1 Å². The number of amides is 1. The lowest BCUT2D eigenvalue weighted by Crippen LogP contribution is -2.40. The first-order chi connectivity index (χ1) is 9.13. The summed E-state index contributed by atoms with van der Waals surface area (Å²) < 4.78 is 30.1. The van der Waals surface area contributed by atoms with Crippen molar-refractivity contribution in [2.75, 3.05) is 6.54 Å². The van der Waals surface area contributed by atoms with E-state index in [9.17, 15) is 13.6 Å². The van der Waals surface area contributed by atoms with Gasteiger partial charge < -0.3 is 15.8 Å². The summed E-state index contributed by atoms with van der Waals surface area (Å²) >= 11 is 0. The van der Waals surface area contributed by atoms with Crippen LogP contribution in [-0.4, -0.2) is 25.1 Å². The van der Waals surface area contributed by atoms with Crippen molar-refractivity contribution < 1.29 is 18.3 Å². The van der Waals surface area contributed by atoms with Gasteiger partial charge in [-0.25, -0.2) is 13.6 Å². The summed E-state index contributed by atoms with van der Waals surface area (Å²) in [4.78, 5) is 11.4. The predicted octanol–water partition coefficient (Wildman–Crippen LogP) is 2.29. The van der Waals surface area contributed by atoms with E-state index < -0.39 is 18.6 Å². The lowest BCUT2D eigenvalue weighted by Gasteiger charge is -2.17. The summed E-state index contributed by atoms with van der Waals surface area (Å²) in [7, 11) is 0. The number of carbonyl (C=O) groups is 1. The van der Waals surface area contributed by atoms with Gasteiger partial charge in [0.25, 0.3) is 6.43 Å². The van der Waals surface area contributed by atoms with E-state index in [0.29, 0.717) is 13.0 Å². The van der Waals surface area contributed by atoms with Crippen molar-refractivity contribution in [1.82, 2.24) is 5.32 Å². The second kappa shape index (κ2) is 8.42. The molecule has 1 unspecified atom stereocenters. The third-order valence-electron chi connectivity index (χ3n) is 2.54. The molecule has 0 saturated carbocycles. The van der Waals surface area contributed by atoms with Crippen LogP contribution in [-0.2, 0) is 11.3 Å². The van der Waals surface area contributed by atoms with Crippen LogP contribution in [0.5, 0.6) is 0 Å². The minimum Gasteiger partial charge on any atom is -0.445 e. The normalized spacial score (nSPS) is 12.2. The number of alkyl carbamates (subject to hydrolysis) is 1. The molecule has 0 aliphatic carbocycles. The number of benzene rings is 1. The zero-order valence-corrected chi connectivity index (χ0v) is 10.5. The molecule has 0 aliphatic heterocycles. The Kier molecular flexibility index (Phi) is 6.81.